The summed E-state index contributed by atoms with van der Waals surface area (Å²) in [7, 11) is -3.00. The van der Waals surface area contributed by atoms with E-state index in [0.29, 0.717) is 13.0 Å². The Kier molecular flexibility index (Phi) is 3.07. The lowest BCUT2D eigenvalue weighted by Gasteiger charge is -2.34. The van der Waals surface area contributed by atoms with Gasteiger partial charge in [-0.05, 0) is 6.42 Å². The van der Waals surface area contributed by atoms with Gasteiger partial charge in [0, 0.05) is 18.5 Å². The molecule has 2 saturated heterocycles. The highest BCUT2D eigenvalue weighted by atomic mass is 32.2. The molecule has 0 aromatic rings. The number of amides is 1. The molecule has 0 spiro atoms. The second-order valence-corrected chi connectivity index (χ2v) is 6.56. The number of hydrogen-bond acceptors (Lipinski definition) is 5. The van der Waals surface area contributed by atoms with Gasteiger partial charge in [0.1, 0.15) is 0 Å². The molecule has 2 heterocycles. The number of cyclic esters (lactones) is 1. The normalized spacial score (nSPS) is 33.8. The summed E-state index contributed by atoms with van der Waals surface area (Å²) in [4.78, 5) is 12.9. The van der Waals surface area contributed by atoms with Gasteiger partial charge in [0.15, 0.2) is 9.84 Å². The van der Waals surface area contributed by atoms with Crippen LogP contribution in [0.3, 0.4) is 0 Å². The van der Waals surface area contributed by atoms with Crippen LogP contribution in [0.4, 0.5) is 4.79 Å². The summed E-state index contributed by atoms with van der Waals surface area (Å²) >= 11 is 0. The summed E-state index contributed by atoms with van der Waals surface area (Å²) in [5.74, 6) is 0.0342. The Hall–Kier alpha value is -0.820. The molecule has 2 aliphatic heterocycles. The summed E-state index contributed by atoms with van der Waals surface area (Å²) in [5.41, 5.74) is 0. The maximum atomic E-state index is 11.5. The van der Waals surface area contributed by atoms with Gasteiger partial charge in [0.05, 0.1) is 24.7 Å². The monoisotopic (exact) mass is 249 g/mol. The quantitative estimate of drug-likeness (QED) is 0.695. The van der Waals surface area contributed by atoms with E-state index in [0.717, 1.165) is 0 Å². The standard InChI is InChI=1S/C9H15NO5S/c11-4-7-3-10(9(12)15-5-7)8-1-2-16(13,14)6-8/h7-8,11H,1-6H2. The minimum Gasteiger partial charge on any atom is -0.449 e. The van der Waals surface area contributed by atoms with E-state index in [2.05, 4.69) is 0 Å². The molecule has 2 aliphatic rings. The minimum absolute atomic E-state index is 0.0141. The molecule has 0 aromatic carbocycles. The van der Waals surface area contributed by atoms with Crippen molar-refractivity contribution in [3.05, 3.63) is 0 Å². The second-order valence-electron chi connectivity index (χ2n) is 4.33. The van der Waals surface area contributed by atoms with Gasteiger partial charge in [-0.25, -0.2) is 13.2 Å². The minimum atomic E-state index is -3.00. The third-order valence-electron chi connectivity index (χ3n) is 3.04. The van der Waals surface area contributed by atoms with E-state index < -0.39 is 15.9 Å². The number of rotatable bonds is 2. The van der Waals surface area contributed by atoms with Crippen molar-refractivity contribution in [3.63, 3.8) is 0 Å². The molecule has 0 bridgehead atoms. The zero-order valence-electron chi connectivity index (χ0n) is 8.83. The van der Waals surface area contributed by atoms with E-state index >= 15 is 0 Å². The number of aliphatic hydroxyl groups is 1. The van der Waals surface area contributed by atoms with Gasteiger partial charge in [0.25, 0.3) is 0 Å². The first kappa shape index (κ1) is 11.7. The molecule has 92 valence electrons. The molecule has 16 heavy (non-hydrogen) atoms. The Labute approximate surface area is 94.1 Å². The summed E-state index contributed by atoms with van der Waals surface area (Å²) < 4.78 is 27.5. The van der Waals surface area contributed by atoms with Crippen molar-refractivity contribution in [2.24, 2.45) is 5.92 Å². The van der Waals surface area contributed by atoms with E-state index in [4.69, 9.17) is 9.84 Å². The van der Waals surface area contributed by atoms with Crippen molar-refractivity contribution >= 4 is 15.9 Å². The molecule has 2 unspecified atom stereocenters. The van der Waals surface area contributed by atoms with Gasteiger partial charge < -0.3 is 14.7 Å². The van der Waals surface area contributed by atoms with Crippen molar-refractivity contribution in [3.8, 4) is 0 Å². The van der Waals surface area contributed by atoms with Crippen LogP contribution in [-0.2, 0) is 14.6 Å². The number of hydrogen-bond donors (Lipinski definition) is 1. The van der Waals surface area contributed by atoms with E-state index in [1.54, 1.807) is 0 Å². The molecule has 0 aliphatic carbocycles. The Balaban J connectivity index is 2.05. The highest BCUT2D eigenvalue weighted by Crippen LogP contribution is 2.22. The number of ether oxygens (including phenoxy) is 1. The van der Waals surface area contributed by atoms with Crippen LogP contribution < -0.4 is 0 Å². The lowest BCUT2D eigenvalue weighted by molar-refractivity contribution is 0.0134. The molecule has 1 amide bonds. The van der Waals surface area contributed by atoms with Crippen molar-refractivity contribution in [1.82, 2.24) is 4.90 Å². The number of sulfone groups is 1. The van der Waals surface area contributed by atoms with Crippen LogP contribution in [0.15, 0.2) is 0 Å². The molecule has 2 atom stereocenters. The van der Waals surface area contributed by atoms with Crippen LogP contribution in [0.2, 0.25) is 0 Å². The van der Waals surface area contributed by atoms with E-state index in [1.807, 2.05) is 0 Å². The average molecular weight is 249 g/mol. The summed E-state index contributed by atoms with van der Waals surface area (Å²) in [6, 6.07) is -0.285. The first-order valence-electron chi connectivity index (χ1n) is 5.26. The SMILES string of the molecule is O=C1OCC(CO)CN1C1CCS(=O)(=O)C1. The fraction of sp³-hybridized carbons (Fsp3) is 0.889. The van der Waals surface area contributed by atoms with Gasteiger partial charge in [-0.3, -0.25) is 0 Å². The predicted octanol–water partition coefficient (Wildman–Crippen LogP) is -0.766. The van der Waals surface area contributed by atoms with E-state index in [-0.39, 0.29) is 36.7 Å². The Morgan fingerprint density at radius 1 is 1.50 bits per heavy atom. The lowest BCUT2D eigenvalue weighted by atomic mass is 10.1. The van der Waals surface area contributed by atoms with Crippen molar-refractivity contribution in [2.75, 3.05) is 31.3 Å². The van der Waals surface area contributed by atoms with Crippen LogP contribution in [0.25, 0.3) is 0 Å². The molecule has 1 N–H and O–H groups in total. The molecular weight excluding hydrogens is 234 g/mol. The summed E-state index contributed by atoms with van der Waals surface area (Å²) in [5, 5.41) is 9.00. The van der Waals surface area contributed by atoms with Crippen LogP contribution in [0.5, 0.6) is 0 Å². The third-order valence-corrected chi connectivity index (χ3v) is 4.79. The summed E-state index contributed by atoms with van der Waals surface area (Å²) in [6.07, 6.45) is 0.00191. The number of carbonyl (C=O) groups is 1. The third kappa shape index (κ3) is 2.30. The van der Waals surface area contributed by atoms with Gasteiger partial charge >= 0.3 is 6.09 Å². The maximum Gasteiger partial charge on any atom is 0.410 e. The molecule has 0 aromatic heterocycles. The zero-order chi connectivity index (χ0) is 11.8. The molecule has 0 radical (unpaired) electrons. The van der Waals surface area contributed by atoms with Crippen LogP contribution in [0, 0.1) is 5.92 Å². The Morgan fingerprint density at radius 2 is 2.25 bits per heavy atom. The molecule has 6 nitrogen and oxygen atoms in total. The van der Waals surface area contributed by atoms with Crippen LogP contribution >= 0.6 is 0 Å². The van der Waals surface area contributed by atoms with Crippen LogP contribution in [-0.4, -0.2) is 61.8 Å². The maximum absolute atomic E-state index is 11.5. The molecule has 2 fully saturated rings. The largest absolute Gasteiger partial charge is 0.449 e. The zero-order valence-corrected chi connectivity index (χ0v) is 9.65. The van der Waals surface area contributed by atoms with Crippen molar-refractivity contribution in [2.45, 2.75) is 12.5 Å². The predicted molar refractivity (Wildman–Crippen MR) is 55.7 cm³/mol. The fourth-order valence-electron chi connectivity index (χ4n) is 2.11. The highest BCUT2D eigenvalue weighted by Gasteiger charge is 2.38. The molecule has 0 saturated carbocycles. The van der Waals surface area contributed by atoms with Gasteiger partial charge in [-0.1, -0.05) is 0 Å². The molecule has 7 heteroatoms. The summed E-state index contributed by atoms with van der Waals surface area (Å²) in [6.45, 7) is 0.546. The van der Waals surface area contributed by atoms with Crippen molar-refractivity contribution < 1.29 is 23.1 Å². The van der Waals surface area contributed by atoms with E-state index in [1.165, 1.54) is 4.90 Å². The van der Waals surface area contributed by atoms with Gasteiger partial charge in [0.2, 0.25) is 0 Å². The highest BCUT2D eigenvalue weighted by molar-refractivity contribution is 7.91. The fourth-order valence-corrected chi connectivity index (χ4v) is 3.84. The lowest BCUT2D eigenvalue weighted by Crippen LogP contribution is -2.49. The Bertz CT molecular complexity index is 379. The van der Waals surface area contributed by atoms with Gasteiger partial charge in [-0.15, -0.1) is 0 Å². The molecule has 2 rings (SSSR count). The van der Waals surface area contributed by atoms with E-state index in [9.17, 15) is 13.2 Å². The topological polar surface area (TPSA) is 83.9 Å². The number of aliphatic hydroxyl groups excluding tert-OH is 1. The van der Waals surface area contributed by atoms with Crippen LogP contribution in [0.1, 0.15) is 6.42 Å². The molecular formula is C9H15NO5S. The first-order chi connectivity index (χ1) is 7.52. The van der Waals surface area contributed by atoms with Crippen molar-refractivity contribution in [1.29, 1.82) is 0 Å². The first-order valence-corrected chi connectivity index (χ1v) is 7.08. The van der Waals surface area contributed by atoms with Gasteiger partial charge in [-0.2, -0.15) is 0 Å². The Morgan fingerprint density at radius 3 is 2.81 bits per heavy atom. The number of carbonyl (C=O) groups excluding carboxylic acids is 1. The smallest absolute Gasteiger partial charge is 0.410 e. The second kappa shape index (κ2) is 4.21. The average Bonchev–Trinajstić information content (AvgIpc) is 2.59. The number of nitrogens with zero attached hydrogens (tertiary/aromatic N) is 1.